The summed E-state index contributed by atoms with van der Waals surface area (Å²) in [6.45, 7) is 5.34. The van der Waals surface area contributed by atoms with Crippen molar-refractivity contribution in [3.05, 3.63) is 52.1 Å². The molecule has 0 saturated heterocycles. The topological polar surface area (TPSA) is 55.6 Å². The van der Waals surface area contributed by atoms with Crippen LogP contribution in [0.25, 0.3) is 16.8 Å². The van der Waals surface area contributed by atoms with E-state index in [2.05, 4.69) is 34.2 Å². The van der Waals surface area contributed by atoms with Gasteiger partial charge in [-0.3, -0.25) is 0 Å². The zero-order chi connectivity index (χ0) is 19.0. The minimum absolute atomic E-state index is 0.332. The number of hydrogen-bond acceptors (Lipinski definition) is 4. The Morgan fingerprint density at radius 1 is 1.37 bits per heavy atom. The maximum absolute atomic E-state index is 12.8. The number of anilines is 1. The van der Waals surface area contributed by atoms with Gasteiger partial charge in [0.25, 0.3) is 0 Å². The molecule has 1 atom stereocenters. The lowest BCUT2D eigenvalue weighted by atomic mass is 9.96. The van der Waals surface area contributed by atoms with Crippen molar-refractivity contribution in [3.8, 4) is 11.3 Å². The van der Waals surface area contributed by atoms with Crippen LogP contribution in [0.15, 0.2) is 41.0 Å². The Morgan fingerprint density at radius 2 is 2.15 bits per heavy atom. The Bertz CT molecular complexity index is 995. The fourth-order valence-electron chi connectivity index (χ4n) is 3.66. The fourth-order valence-corrected chi connectivity index (χ4v) is 3.93. The average Bonchev–Trinajstić information content (AvgIpc) is 2.93. The molecular formula is C21H22BrN3O2. The van der Waals surface area contributed by atoms with Gasteiger partial charge in [-0.05, 0) is 49.4 Å². The molecule has 1 N–H and O–H groups in total. The molecule has 4 rings (SSSR count). The Kier molecular flexibility index (Phi) is 4.91. The molecule has 0 saturated carbocycles. The molecular weight excluding hydrogens is 406 g/mol. The number of aromatic nitrogens is 2. The van der Waals surface area contributed by atoms with E-state index in [4.69, 9.17) is 9.84 Å². The molecule has 1 aromatic carbocycles. The van der Waals surface area contributed by atoms with Crippen LogP contribution in [0.1, 0.15) is 48.5 Å². The second-order valence-corrected chi connectivity index (χ2v) is 7.81. The van der Waals surface area contributed by atoms with Gasteiger partial charge in [0.2, 0.25) is 0 Å². The van der Waals surface area contributed by atoms with Gasteiger partial charge in [0, 0.05) is 16.6 Å². The second kappa shape index (κ2) is 7.35. The largest absolute Gasteiger partial charge is 0.462 e. The molecule has 6 heteroatoms. The van der Waals surface area contributed by atoms with Crippen LogP contribution >= 0.6 is 15.9 Å². The minimum Gasteiger partial charge on any atom is -0.462 e. The number of hydrogen-bond donors (Lipinski definition) is 1. The van der Waals surface area contributed by atoms with Crippen molar-refractivity contribution < 1.29 is 9.53 Å². The number of fused-ring (bicyclic) bond motifs is 2. The third kappa shape index (κ3) is 3.34. The van der Waals surface area contributed by atoms with E-state index in [-0.39, 0.29) is 5.97 Å². The normalized spacial score (nSPS) is 16.5. The van der Waals surface area contributed by atoms with E-state index < -0.39 is 0 Å². The molecule has 2 aromatic heterocycles. The van der Waals surface area contributed by atoms with E-state index in [1.807, 2.05) is 37.4 Å². The molecule has 1 aliphatic heterocycles. The first-order valence-corrected chi connectivity index (χ1v) is 10.1. The Hall–Kier alpha value is -2.34. The zero-order valence-corrected chi connectivity index (χ0v) is 17.0. The zero-order valence-electron chi connectivity index (χ0n) is 15.5. The van der Waals surface area contributed by atoms with Crippen molar-refractivity contribution in [1.29, 1.82) is 0 Å². The van der Waals surface area contributed by atoms with Crippen LogP contribution in [0.3, 0.4) is 0 Å². The summed E-state index contributed by atoms with van der Waals surface area (Å²) in [5.74, 6) is 0.0979. The summed E-state index contributed by atoms with van der Waals surface area (Å²) in [5, 5.41) is 8.23. The third-order valence-electron chi connectivity index (χ3n) is 5.06. The van der Waals surface area contributed by atoms with Crippen LogP contribution in [0.5, 0.6) is 0 Å². The highest BCUT2D eigenvalue weighted by molar-refractivity contribution is 9.10. The molecule has 3 aromatic rings. The Labute approximate surface area is 166 Å². The summed E-state index contributed by atoms with van der Waals surface area (Å²) in [6, 6.07) is 9.92. The first kappa shape index (κ1) is 18.0. The lowest BCUT2D eigenvalue weighted by molar-refractivity contribution is 0.0529. The molecule has 5 nitrogen and oxygen atoms in total. The number of esters is 1. The number of halogens is 1. The summed E-state index contributed by atoms with van der Waals surface area (Å²) < 4.78 is 8.14. The lowest BCUT2D eigenvalue weighted by Crippen LogP contribution is -2.07. The van der Waals surface area contributed by atoms with Crippen LogP contribution in [-0.4, -0.2) is 28.7 Å². The van der Waals surface area contributed by atoms with Crippen molar-refractivity contribution in [2.75, 3.05) is 18.5 Å². The number of pyridine rings is 1. The summed E-state index contributed by atoms with van der Waals surface area (Å²) in [4.78, 5) is 12.8. The van der Waals surface area contributed by atoms with Gasteiger partial charge in [-0.15, -0.1) is 0 Å². The Morgan fingerprint density at radius 3 is 2.89 bits per heavy atom. The smallest absolute Gasteiger partial charge is 0.342 e. The van der Waals surface area contributed by atoms with Gasteiger partial charge < -0.3 is 10.1 Å². The standard InChI is InChI=1S/C21H22BrN3O2/c1-3-27-21(26)19-18-11-16-13(2)5-4-10-23-17(16)12-25(18)24-20(19)14-6-8-15(22)9-7-14/h6-9,11-13,23H,3-5,10H2,1-2H3. The first-order valence-electron chi connectivity index (χ1n) is 9.31. The van der Waals surface area contributed by atoms with Crippen molar-refractivity contribution in [2.24, 2.45) is 0 Å². The molecule has 1 unspecified atom stereocenters. The summed E-state index contributed by atoms with van der Waals surface area (Å²) in [6.07, 6.45) is 4.25. The average molecular weight is 428 g/mol. The van der Waals surface area contributed by atoms with Gasteiger partial charge in [0.1, 0.15) is 11.3 Å². The Balaban J connectivity index is 1.96. The molecule has 140 valence electrons. The van der Waals surface area contributed by atoms with Crippen LogP contribution in [0.4, 0.5) is 5.69 Å². The van der Waals surface area contributed by atoms with Crippen molar-refractivity contribution in [1.82, 2.24) is 9.61 Å². The predicted molar refractivity (Wildman–Crippen MR) is 110 cm³/mol. The lowest BCUT2D eigenvalue weighted by Gasteiger charge is -2.13. The molecule has 0 bridgehead atoms. The fraction of sp³-hybridized carbons (Fsp3) is 0.333. The molecule has 0 fully saturated rings. The quantitative estimate of drug-likeness (QED) is 0.579. The van der Waals surface area contributed by atoms with Crippen molar-refractivity contribution >= 4 is 33.1 Å². The first-order chi connectivity index (χ1) is 13.1. The van der Waals surface area contributed by atoms with Crippen molar-refractivity contribution in [3.63, 3.8) is 0 Å². The molecule has 0 amide bonds. The number of carbonyl (C=O) groups excluding carboxylic acids is 1. The summed E-state index contributed by atoms with van der Waals surface area (Å²) in [7, 11) is 0. The van der Waals surface area contributed by atoms with Crippen LogP contribution in [-0.2, 0) is 4.74 Å². The maximum Gasteiger partial charge on any atom is 0.342 e. The van der Waals surface area contributed by atoms with Gasteiger partial charge in [0.05, 0.1) is 24.0 Å². The van der Waals surface area contributed by atoms with Gasteiger partial charge >= 0.3 is 5.97 Å². The van der Waals surface area contributed by atoms with Crippen LogP contribution in [0.2, 0.25) is 0 Å². The molecule has 0 spiro atoms. The van der Waals surface area contributed by atoms with Gasteiger partial charge in [-0.25, -0.2) is 9.31 Å². The highest BCUT2D eigenvalue weighted by Crippen LogP contribution is 2.35. The number of nitrogens with zero attached hydrogens (tertiary/aromatic N) is 2. The molecule has 1 aliphatic rings. The van der Waals surface area contributed by atoms with E-state index in [1.54, 1.807) is 4.52 Å². The third-order valence-corrected chi connectivity index (χ3v) is 5.59. The maximum atomic E-state index is 12.8. The van der Waals surface area contributed by atoms with E-state index in [9.17, 15) is 4.79 Å². The van der Waals surface area contributed by atoms with Gasteiger partial charge in [-0.2, -0.15) is 5.10 Å². The number of benzene rings is 1. The molecule has 27 heavy (non-hydrogen) atoms. The van der Waals surface area contributed by atoms with Crippen molar-refractivity contribution in [2.45, 2.75) is 32.6 Å². The van der Waals surface area contributed by atoms with Gasteiger partial charge in [-0.1, -0.05) is 35.0 Å². The monoisotopic (exact) mass is 427 g/mol. The van der Waals surface area contributed by atoms with E-state index in [0.29, 0.717) is 23.8 Å². The highest BCUT2D eigenvalue weighted by atomic mass is 79.9. The highest BCUT2D eigenvalue weighted by Gasteiger charge is 2.25. The van der Waals surface area contributed by atoms with Crippen LogP contribution in [0, 0.1) is 0 Å². The van der Waals surface area contributed by atoms with Crippen LogP contribution < -0.4 is 5.32 Å². The van der Waals surface area contributed by atoms with E-state index in [1.165, 1.54) is 5.56 Å². The van der Waals surface area contributed by atoms with E-state index >= 15 is 0 Å². The van der Waals surface area contributed by atoms with E-state index in [0.717, 1.165) is 40.6 Å². The molecule has 3 heterocycles. The molecule has 0 aliphatic carbocycles. The number of rotatable bonds is 3. The summed E-state index contributed by atoms with van der Waals surface area (Å²) >= 11 is 3.46. The molecule has 0 radical (unpaired) electrons. The second-order valence-electron chi connectivity index (χ2n) is 6.89. The number of nitrogens with one attached hydrogen (secondary N) is 1. The SMILES string of the molecule is CCOC(=O)c1c(-c2ccc(Br)cc2)nn2cc3c(cc12)C(C)CCCN3. The van der Waals surface area contributed by atoms with Gasteiger partial charge in [0.15, 0.2) is 0 Å². The summed E-state index contributed by atoms with van der Waals surface area (Å²) in [5.41, 5.74) is 5.18. The number of ether oxygens (including phenoxy) is 1. The minimum atomic E-state index is -0.334. The number of carbonyl (C=O) groups is 1. The predicted octanol–water partition coefficient (Wildman–Crippen LogP) is 5.25.